The van der Waals surface area contributed by atoms with E-state index in [1.54, 1.807) is 13.2 Å². The maximum Gasteiger partial charge on any atom is 0.260 e. The number of aliphatic imine (C=N–C) groups is 1. The van der Waals surface area contributed by atoms with Gasteiger partial charge in [0, 0.05) is 26.3 Å². The molecular formula is C18H29N7O. The maximum atomic E-state index is 12.0. The van der Waals surface area contributed by atoms with Gasteiger partial charge in [0.1, 0.15) is 0 Å². The van der Waals surface area contributed by atoms with Gasteiger partial charge in [0.2, 0.25) is 5.95 Å². The normalized spacial score (nSPS) is 9.81. The summed E-state index contributed by atoms with van der Waals surface area (Å²) in [6.45, 7) is 6.19. The number of hydrogen-bond acceptors (Lipinski definition) is 5. The lowest BCUT2D eigenvalue weighted by Crippen LogP contribution is -2.23. The molecule has 2 aromatic rings. The van der Waals surface area contributed by atoms with E-state index >= 15 is 0 Å². The fraction of sp³-hybridized carbons (Fsp3) is 0.389. The number of hydrogen-bond donors (Lipinski definition) is 5. The lowest BCUT2D eigenvalue weighted by molar-refractivity contribution is 0.655. The van der Waals surface area contributed by atoms with E-state index in [1.807, 2.05) is 38.1 Å². The number of nitrogens with two attached hydrogens (primary N) is 2. The zero-order valence-corrected chi connectivity index (χ0v) is 15.7. The molecule has 0 aliphatic heterocycles. The van der Waals surface area contributed by atoms with Gasteiger partial charge in [-0.3, -0.25) is 14.8 Å². The van der Waals surface area contributed by atoms with E-state index < -0.39 is 0 Å². The Morgan fingerprint density at radius 1 is 1.23 bits per heavy atom. The van der Waals surface area contributed by atoms with E-state index in [0.29, 0.717) is 18.1 Å². The number of H-pyrrole nitrogens is 1. The molecule has 0 aliphatic carbocycles. The molecule has 0 unspecified atom stereocenters. The number of aromatic nitrogens is 2. The van der Waals surface area contributed by atoms with Crippen LogP contribution >= 0.6 is 0 Å². The molecule has 142 valence electrons. The highest BCUT2D eigenvalue weighted by Crippen LogP contribution is 2.15. The second kappa shape index (κ2) is 11.6. The molecule has 0 bridgehead atoms. The summed E-state index contributed by atoms with van der Waals surface area (Å²) in [5.41, 5.74) is 12.9. The summed E-state index contributed by atoms with van der Waals surface area (Å²) < 4.78 is 0. The standard InChI is InChI=1S/C16H23N7O.C2H6/c1-19-16-22-10-13(14(24)23-16)12-5-3-11(4-6-12)9-20-7-2-8-21-15(17)18;1-2/h3-6,10,20H,2,7-9H2,1H3,(H4,17,18,21)(H2,19,22,23,24);1-2H3. The van der Waals surface area contributed by atoms with Crippen molar-refractivity contribution in [2.75, 3.05) is 25.5 Å². The maximum absolute atomic E-state index is 12.0. The van der Waals surface area contributed by atoms with Crippen LogP contribution < -0.4 is 27.7 Å². The molecule has 1 aromatic heterocycles. The Morgan fingerprint density at radius 3 is 2.50 bits per heavy atom. The van der Waals surface area contributed by atoms with Gasteiger partial charge >= 0.3 is 0 Å². The summed E-state index contributed by atoms with van der Waals surface area (Å²) in [5, 5.41) is 6.12. The average Bonchev–Trinajstić information content (AvgIpc) is 2.66. The van der Waals surface area contributed by atoms with Gasteiger partial charge in [0.05, 0.1) is 5.56 Å². The molecule has 26 heavy (non-hydrogen) atoms. The van der Waals surface area contributed by atoms with Crippen LogP contribution in [0.2, 0.25) is 0 Å². The van der Waals surface area contributed by atoms with Crippen molar-refractivity contribution in [3.8, 4) is 11.1 Å². The molecule has 0 fully saturated rings. The Labute approximate surface area is 154 Å². The second-order valence-corrected chi connectivity index (χ2v) is 5.26. The van der Waals surface area contributed by atoms with Gasteiger partial charge in [0.15, 0.2) is 5.96 Å². The van der Waals surface area contributed by atoms with Gasteiger partial charge in [0.25, 0.3) is 5.56 Å². The van der Waals surface area contributed by atoms with Crippen LogP contribution in [0, 0.1) is 0 Å². The molecule has 0 atom stereocenters. The van der Waals surface area contributed by atoms with Crippen LogP contribution in [0.5, 0.6) is 0 Å². The minimum Gasteiger partial charge on any atom is -0.370 e. The molecule has 8 nitrogen and oxygen atoms in total. The molecule has 0 radical (unpaired) electrons. The van der Waals surface area contributed by atoms with Crippen molar-refractivity contribution in [1.82, 2.24) is 15.3 Å². The van der Waals surface area contributed by atoms with Crippen molar-refractivity contribution in [3.63, 3.8) is 0 Å². The van der Waals surface area contributed by atoms with Crippen molar-refractivity contribution in [3.05, 3.63) is 46.4 Å². The van der Waals surface area contributed by atoms with Gasteiger partial charge in [-0.15, -0.1) is 0 Å². The summed E-state index contributed by atoms with van der Waals surface area (Å²) in [4.78, 5) is 22.8. The van der Waals surface area contributed by atoms with Crippen molar-refractivity contribution in [2.24, 2.45) is 16.5 Å². The summed E-state index contributed by atoms with van der Waals surface area (Å²) >= 11 is 0. The fourth-order valence-electron chi connectivity index (χ4n) is 2.17. The first-order valence-electron chi connectivity index (χ1n) is 8.72. The number of guanidine groups is 1. The molecule has 1 aromatic carbocycles. The van der Waals surface area contributed by atoms with Crippen LogP contribution in [0.25, 0.3) is 11.1 Å². The first kappa shape index (κ1) is 21.2. The highest BCUT2D eigenvalue weighted by Gasteiger charge is 2.05. The molecule has 8 heteroatoms. The van der Waals surface area contributed by atoms with Gasteiger partial charge in [-0.05, 0) is 24.1 Å². The predicted octanol–water partition coefficient (Wildman–Crippen LogP) is 1.26. The molecule has 1 heterocycles. The Morgan fingerprint density at radius 2 is 1.92 bits per heavy atom. The van der Waals surface area contributed by atoms with E-state index in [4.69, 9.17) is 11.5 Å². The molecule has 0 saturated heterocycles. The van der Waals surface area contributed by atoms with Crippen LogP contribution in [0.1, 0.15) is 25.8 Å². The van der Waals surface area contributed by atoms with E-state index in [0.717, 1.165) is 30.6 Å². The fourth-order valence-corrected chi connectivity index (χ4v) is 2.17. The Balaban J connectivity index is 0.00000163. The number of nitrogens with one attached hydrogen (secondary N) is 3. The van der Waals surface area contributed by atoms with E-state index in [2.05, 4.69) is 25.6 Å². The predicted molar refractivity (Wildman–Crippen MR) is 108 cm³/mol. The first-order valence-corrected chi connectivity index (χ1v) is 8.72. The van der Waals surface area contributed by atoms with Gasteiger partial charge in [-0.25, -0.2) is 4.98 Å². The van der Waals surface area contributed by atoms with E-state index in [9.17, 15) is 4.79 Å². The molecule has 2 rings (SSSR count). The minimum atomic E-state index is -0.167. The summed E-state index contributed by atoms with van der Waals surface area (Å²) in [7, 11) is 1.71. The molecule has 7 N–H and O–H groups in total. The van der Waals surface area contributed by atoms with Crippen LogP contribution in [0.4, 0.5) is 5.95 Å². The van der Waals surface area contributed by atoms with Crippen LogP contribution in [-0.2, 0) is 6.54 Å². The smallest absolute Gasteiger partial charge is 0.260 e. The minimum absolute atomic E-state index is 0.123. The molecule has 0 saturated carbocycles. The highest BCUT2D eigenvalue weighted by molar-refractivity contribution is 5.75. The monoisotopic (exact) mass is 359 g/mol. The Hall–Kier alpha value is -2.87. The van der Waals surface area contributed by atoms with E-state index in [-0.39, 0.29) is 11.5 Å². The number of rotatable bonds is 8. The molecular weight excluding hydrogens is 330 g/mol. The van der Waals surface area contributed by atoms with Crippen molar-refractivity contribution >= 4 is 11.9 Å². The second-order valence-electron chi connectivity index (χ2n) is 5.26. The topological polar surface area (TPSA) is 134 Å². The molecule has 0 amide bonds. The van der Waals surface area contributed by atoms with Gasteiger partial charge in [-0.1, -0.05) is 38.1 Å². The van der Waals surface area contributed by atoms with Crippen molar-refractivity contribution < 1.29 is 0 Å². The largest absolute Gasteiger partial charge is 0.370 e. The molecule has 0 spiro atoms. The first-order chi connectivity index (χ1) is 12.6. The Kier molecular flexibility index (Phi) is 9.48. The van der Waals surface area contributed by atoms with Crippen molar-refractivity contribution in [2.45, 2.75) is 26.8 Å². The zero-order chi connectivity index (χ0) is 19.4. The third kappa shape index (κ3) is 6.94. The SMILES string of the molecule is CC.CNc1ncc(-c2ccc(CNCCCN=C(N)N)cc2)c(=O)[nH]1. The summed E-state index contributed by atoms with van der Waals surface area (Å²) in [6.07, 6.45) is 2.44. The van der Waals surface area contributed by atoms with E-state index in [1.165, 1.54) is 0 Å². The number of nitrogens with zero attached hydrogens (tertiary/aromatic N) is 2. The summed E-state index contributed by atoms with van der Waals surface area (Å²) in [5.74, 6) is 0.572. The average molecular weight is 359 g/mol. The molecule has 0 aliphatic rings. The quantitative estimate of drug-likeness (QED) is 0.274. The van der Waals surface area contributed by atoms with Crippen LogP contribution in [0.3, 0.4) is 0 Å². The van der Waals surface area contributed by atoms with Gasteiger partial charge in [-0.2, -0.15) is 0 Å². The van der Waals surface area contributed by atoms with Crippen LogP contribution in [0.15, 0.2) is 40.2 Å². The Bertz CT molecular complexity index is 734. The third-order valence-corrected chi connectivity index (χ3v) is 3.44. The van der Waals surface area contributed by atoms with Crippen molar-refractivity contribution in [1.29, 1.82) is 0 Å². The van der Waals surface area contributed by atoms with Crippen LogP contribution in [-0.4, -0.2) is 36.1 Å². The number of benzene rings is 1. The number of aromatic amines is 1. The highest BCUT2D eigenvalue weighted by atomic mass is 16.1. The zero-order valence-electron chi connectivity index (χ0n) is 15.7. The third-order valence-electron chi connectivity index (χ3n) is 3.44. The van der Waals surface area contributed by atoms with Gasteiger partial charge < -0.3 is 22.1 Å². The number of anilines is 1. The lowest BCUT2D eigenvalue weighted by atomic mass is 10.1. The summed E-state index contributed by atoms with van der Waals surface area (Å²) in [6, 6.07) is 7.82. The lowest BCUT2D eigenvalue weighted by Gasteiger charge is -2.06.